The molecular weight excluding hydrogens is 330 g/mol. The van der Waals surface area contributed by atoms with Crippen LogP contribution in [0.1, 0.15) is 27.8 Å². The minimum absolute atomic E-state index is 0.589. The molecule has 132 valence electrons. The van der Waals surface area contributed by atoms with Crippen molar-refractivity contribution in [1.82, 2.24) is 4.90 Å². The Labute approximate surface area is 160 Å². The van der Waals surface area contributed by atoms with Crippen LogP contribution in [0.4, 0.5) is 0 Å². The van der Waals surface area contributed by atoms with E-state index in [0.29, 0.717) is 6.61 Å². The Hall–Kier alpha value is -3.26. The van der Waals surface area contributed by atoms with Gasteiger partial charge in [-0.05, 0) is 46.5 Å². The summed E-state index contributed by atoms with van der Waals surface area (Å²) in [6.07, 6.45) is 6.78. The third-order valence-corrected chi connectivity index (χ3v) is 5.22. The summed E-state index contributed by atoms with van der Waals surface area (Å²) in [5.41, 5.74) is 7.67. The Morgan fingerprint density at radius 1 is 0.852 bits per heavy atom. The smallest absolute Gasteiger partial charge is 0.120 e. The molecule has 2 aliphatic rings. The average Bonchev–Trinajstić information content (AvgIpc) is 2.90. The van der Waals surface area contributed by atoms with Crippen molar-refractivity contribution in [1.29, 1.82) is 0 Å². The van der Waals surface area contributed by atoms with Gasteiger partial charge in [-0.2, -0.15) is 0 Å². The molecule has 0 fully saturated rings. The van der Waals surface area contributed by atoms with Gasteiger partial charge in [0.05, 0.1) is 0 Å². The molecule has 0 aromatic heterocycles. The van der Waals surface area contributed by atoms with E-state index in [2.05, 4.69) is 77.7 Å². The summed E-state index contributed by atoms with van der Waals surface area (Å²) in [6.45, 7) is 2.47. The van der Waals surface area contributed by atoms with Crippen LogP contribution in [0.3, 0.4) is 0 Å². The first-order valence-corrected chi connectivity index (χ1v) is 9.39. The highest BCUT2D eigenvalue weighted by Gasteiger charge is 2.21. The second-order valence-corrected chi connectivity index (χ2v) is 7.03. The molecule has 0 N–H and O–H groups in total. The van der Waals surface area contributed by atoms with E-state index >= 15 is 0 Å². The van der Waals surface area contributed by atoms with Crippen molar-refractivity contribution in [2.24, 2.45) is 0 Å². The lowest BCUT2D eigenvalue weighted by atomic mass is 9.96. The normalized spacial score (nSPS) is 14.5. The molecule has 0 amide bonds. The highest BCUT2D eigenvalue weighted by Crippen LogP contribution is 2.36. The summed E-state index contributed by atoms with van der Waals surface area (Å²) in [7, 11) is 0. The highest BCUT2D eigenvalue weighted by molar-refractivity contribution is 5.87. The maximum atomic E-state index is 6.02. The Kier molecular flexibility index (Phi) is 4.02. The van der Waals surface area contributed by atoms with Crippen LogP contribution in [-0.4, -0.2) is 11.4 Å². The molecule has 0 spiro atoms. The van der Waals surface area contributed by atoms with Gasteiger partial charge < -0.3 is 9.64 Å². The number of hydrogen-bond donors (Lipinski definition) is 0. The molecule has 3 aromatic carbocycles. The first-order valence-electron chi connectivity index (χ1n) is 9.39. The van der Waals surface area contributed by atoms with Crippen molar-refractivity contribution in [3.8, 4) is 5.75 Å². The maximum Gasteiger partial charge on any atom is 0.120 e. The van der Waals surface area contributed by atoms with Crippen molar-refractivity contribution >= 4 is 17.8 Å². The Morgan fingerprint density at radius 3 is 2.63 bits per heavy atom. The Morgan fingerprint density at radius 2 is 1.70 bits per heavy atom. The van der Waals surface area contributed by atoms with Crippen LogP contribution in [-0.2, 0) is 13.2 Å². The molecule has 0 bridgehead atoms. The lowest BCUT2D eigenvalue weighted by molar-refractivity contribution is 0.306. The number of benzene rings is 3. The van der Waals surface area contributed by atoms with E-state index in [1.165, 1.54) is 33.5 Å². The molecule has 0 aliphatic carbocycles. The summed E-state index contributed by atoms with van der Waals surface area (Å²) >= 11 is 0. The Balaban J connectivity index is 1.46. The van der Waals surface area contributed by atoms with Gasteiger partial charge in [0.25, 0.3) is 0 Å². The van der Waals surface area contributed by atoms with Gasteiger partial charge >= 0.3 is 0 Å². The van der Waals surface area contributed by atoms with E-state index in [4.69, 9.17) is 4.74 Å². The average molecular weight is 351 g/mol. The standard InChI is InChI=1S/C25H21NO/c1-2-7-19(8-3-1)18-27-23-12-13-24-21(15-23)11-6-14-26-17-22-10-5-4-9-20(22)16-25(24)26/h1-13,15-16H,14,17-18H2. The molecule has 0 unspecified atom stereocenters. The fourth-order valence-electron chi connectivity index (χ4n) is 3.81. The summed E-state index contributed by atoms with van der Waals surface area (Å²) < 4.78 is 6.02. The first-order chi connectivity index (χ1) is 13.4. The number of nitrogens with zero attached hydrogens (tertiary/aromatic N) is 1. The highest BCUT2D eigenvalue weighted by atomic mass is 16.5. The second-order valence-electron chi connectivity index (χ2n) is 7.03. The molecule has 27 heavy (non-hydrogen) atoms. The molecule has 2 aliphatic heterocycles. The van der Waals surface area contributed by atoms with Crippen molar-refractivity contribution in [2.75, 3.05) is 6.54 Å². The van der Waals surface area contributed by atoms with Gasteiger partial charge in [-0.3, -0.25) is 0 Å². The monoisotopic (exact) mass is 351 g/mol. The zero-order valence-electron chi connectivity index (χ0n) is 15.1. The molecule has 2 heterocycles. The number of rotatable bonds is 3. The fourth-order valence-corrected chi connectivity index (χ4v) is 3.81. The van der Waals surface area contributed by atoms with Gasteiger partial charge in [0, 0.05) is 24.4 Å². The SMILES string of the molecule is C1=Cc2cc(OCc3ccccc3)ccc2C2=Cc3ccccc3CN2C1. The minimum Gasteiger partial charge on any atom is -0.489 e. The predicted octanol–water partition coefficient (Wildman–Crippen LogP) is 5.61. The number of fused-ring (bicyclic) bond motifs is 4. The second kappa shape index (κ2) is 6.81. The van der Waals surface area contributed by atoms with Gasteiger partial charge in [0.15, 0.2) is 0 Å². The van der Waals surface area contributed by atoms with E-state index in [0.717, 1.165) is 18.8 Å². The Bertz CT molecular complexity index is 1030. The number of hydrogen-bond acceptors (Lipinski definition) is 2. The minimum atomic E-state index is 0.589. The van der Waals surface area contributed by atoms with Crippen molar-refractivity contribution in [3.05, 3.63) is 107 Å². The third-order valence-electron chi connectivity index (χ3n) is 5.22. The van der Waals surface area contributed by atoms with Gasteiger partial charge in [0.2, 0.25) is 0 Å². The summed E-state index contributed by atoms with van der Waals surface area (Å²) in [4.78, 5) is 2.44. The molecule has 0 saturated carbocycles. The zero-order valence-corrected chi connectivity index (χ0v) is 15.1. The van der Waals surface area contributed by atoms with Gasteiger partial charge in [-0.15, -0.1) is 0 Å². The molecule has 2 heteroatoms. The van der Waals surface area contributed by atoms with Crippen LogP contribution in [0.5, 0.6) is 5.75 Å². The van der Waals surface area contributed by atoms with Crippen LogP contribution in [0.25, 0.3) is 17.8 Å². The fraction of sp³-hybridized carbons (Fsp3) is 0.120. The first kappa shape index (κ1) is 16.0. The number of ether oxygens (including phenoxy) is 1. The summed E-state index contributed by atoms with van der Waals surface area (Å²) in [5.74, 6) is 0.910. The molecule has 0 atom stereocenters. The predicted molar refractivity (Wildman–Crippen MR) is 111 cm³/mol. The van der Waals surface area contributed by atoms with Crippen LogP contribution in [0.2, 0.25) is 0 Å². The van der Waals surface area contributed by atoms with Crippen LogP contribution in [0.15, 0.2) is 78.9 Å². The van der Waals surface area contributed by atoms with Gasteiger partial charge in [0.1, 0.15) is 12.4 Å². The van der Waals surface area contributed by atoms with E-state index in [9.17, 15) is 0 Å². The van der Waals surface area contributed by atoms with Crippen LogP contribution >= 0.6 is 0 Å². The molecule has 0 radical (unpaired) electrons. The molecule has 3 aromatic rings. The molecular formula is C25H21NO. The lowest BCUT2D eigenvalue weighted by Gasteiger charge is -2.31. The molecule has 2 nitrogen and oxygen atoms in total. The largest absolute Gasteiger partial charge is 0.489 e. The van der Waals surface area contributed by atoms with Crippen LogP contribution < -0.4 is 4.74 Å². The van der Waals surface area contributed by atoms with E-state index in [1.807, 2.05) is 18.2 Å². The van der Waals surface area contributed by atoms with Crippen molar-refractivity contribution in [2.45, 2.75) is 13.2 Å². The van der Waals surface area contributed by atoms with E-state index in [1.54, 1.807) is 0 Å². The summed E-state index contributed by atoms with van der Waals surface area (Å²) in [6, 6.07) is 25.4. The van der Waals surface area contributed by atoms with E-state index < -0.39 is 0 Å². The third kappa shape index (κ3) is 3.15. The van der Waals surface area contributed by atoms with Crippen molar-refractivity contribution in [3.63, 3.8) is 0 Å². The van der Waals surface area contributed by atoms with Gasteiger partial charge in [-0.1, -0.05) is 66.7 Å². The van der Waals surface area contributed by atoms with Crippen LogP contribution in [0, 0.1) is 0 Å². The topological polar surface area (TPSA) is 12.5 Å². The lowest BCUT2D eigenvalue weighted by Crippen LogP contribution is -2.24. The maximum absolute atomic E-state index is 6.02. The quantitative estimate of drug-likeness (QED) is 0.608. The van der Waals surface area contributed by atoms with E-state index in [-0.39, 0.29) is 0 Å². The zero-order chi connectivity index (χ0) is 18.1. The summed E-state index contributed by atoms with van der Waals surface area (Å²) in [5, 5.41) is 0. The van der Waals surface area contributed by atoms with Gasteiger partial charge in [-0.25, -0.2) is 0 Å². The molecule has 0 saturated heterocycles. The van der Waals surface area contributed by atoms with Crippen molar-refractivity contribution < 1.29 is 4.74 Å². The molecule has 5 rings (SSSR count).